The SMILES string of the molecule is CN(C(=O)C=CCN(C)C1CC1)c1cccc(-n2c(=O)n(-c3ccc(Oc4ccccc4)nc3)c3c(N)ncnc32)c1. The molecule has 0 atom stereocenters. The highest BCUT2D eigenvalue weighted by atomic mass is 16.5. The maximum atomic E-state index is 13.9. The Morgan fingerprint density at radius 1 is 1.00 bits per heavy atom. The van der Waals surface area contributed by atoms with Crippen molar-refractivity contribution in [3.05, 3.63) is 102 Å². The molecule has 5 aromatic rings. The van der Waals surface area contributed by atoms with Crippen LogP contribution in [-0.2, 0) is 4.79 Å². The Morgan fingerprint density at radius 3 is 2.55 bits per heavy atom. The van der Waals surface area contributed by atoms with E-state index in [0.717, 1.165) is 0 Å². The molecule has 3 aromatic heterocycles. The van der Waals surface area contributed by atoms with E-state index in [0.29, 0.717) is 52.4 Å². The Hall–Kier alpha value is -5.29. The Labute approximate surface area is 242 Å². The highest BCUT2D eigenvalue weighted by Crippen LogP contribution is 2.27. The summed E-state index contributed by atoms with van der Waals surface area (Å²) in [5.74, 6) is 1.000. The maximum Gasteiger partial charge on any atom is 0.339 e. The number of para-hydroxylation sites is 1. The highest BCUT2D eigenvalue weighted by Gasteiger charge is 2.25. The second-order valence-corrected chi connectivity index (χ2v) is 10.1. The summed E-state index contributed by atoms with van der Waals surface area (Å²) < 4.78 is 8.67. The van der Waals surface area contributed by atoms with Crippen LogP contribution in [0.15, 0.2) is 96.2 Å². The number of nitrogens with two attached hydrogens (primary N) is 1. The van der Waals surface area contributed by atoms with Crippen molar-refractivity contribution in [3.8, 4) is 23.0 Å². The lowest BCUT2D eigenvalue weighted by Gasteiger charge is -2.17. The standard InChI is InChI=1S/C31H30N8O3/c1-36(21-13-14-21)17-7-12-27(40)37(2)22-8-6-9-23(18-22)39-30-28(29(32)34-20-35-30)38(31(39)41)24-15-16-26(33-19-24)42-25-10-4-3-5-11-25/h3-12,15-16,18-21H,13-14,17H2,1-2H3,(H2,32,34,35). The number of rotatable bonds is 9. The fourth-order valence-corrected chi connectivity index (χ4v) is 4.76. The van der Waals surface area contributed by atoms with Crippen molar-refractivity contribution >= 4 is 28.6 Å². The predicted octanol–water partition coefficient (Wildman–Crippen LogP) is 3.95. The number of imidazole rings is 1. The van der Waals surface area contributed by atoms with Gasteiger partial charge in [0.25, 0.3) is 0 Å². The first-order valence-electron chi connectivity index (χ1n) is 13.6. The Bertz CT molecular complexity index is 1830. The summed E-state index contributed by atoms with van der Waals surface area (Å²) in [7, 11) is 3.76. The van der Waals surface area contributed by atoms with Gasteiger partial charge in [0.2, 0.25) is 11.8 Å². The van der Waals surface area contributed by atoms with E-state index >= 15 is 0 Å². The molecule has 0 radical (unpaired) electrons. The number of aromatic nitrogens is 5. The van der Waals surface area contributed by atoms with Crippen LogP contribution in [0, 0.1) is 0 Å². The minimum Gasteiger partial charge on any atom is -0.439 e. The largest absolute Gasteiger partial charge is 0.439 e. The van der Waals surface area contributed by atoms with Gasteiger partial charge < -0.3 is 15.4 Å². The minimum absolute atomic E-state index is 0.144. The van der Waals surface area contributed by atoms with E-state index < -0.39 is 5.69 Å². The number of fused-ring (bicyclic) bond motifs is 1. The summed E-state index contributed by atoms with van der Waals surface area (Å²) in [5, 5.41) is 0. The van der Waals surface area contributed by atoms with Gasteiger partial charge in [0.1, 0.15) is 17.6 Å². The molecular weight excluding hydrogens is 532 g/mol. The summed E-state index contributed by atoms with van der Waals surface area (Å²) in [4.78, 5) is 43.5. The fourth-order valence-electron chi connectivity index (χ4n) is 4.76. The number of hydrogen-bond donors (Lipinski definition) is 1. The van der Waals surface area contributed by atoms with Crippen LogP contribution in [-0.4, -0.2) is 61.6 Å². The summed E-state index contributed by atoms with van der Waals surface area (Å²) in [5.41, 5.74) is 8.13. The smallest absolute Gasteiger partial charge is 0.339 e. The van der Waals surface area contributed by atoms with Gasteiger partial charge in [-0.3, -0.25) is 14.3 Å². The molecule has 6 rings (SSSR count). The molecular formula is C31H30N8O3. The molecule has 11 nitrogen and oxygen atoms in total. The first kappa shape index (κ1) is 26.9. The third-order valence-electron chi connectivity index (χ3n) is 7.22. The number of nitrogen functional groups attached to an aromatic ring is 1. The number of benzene rings is 2. The van der Waals surface area contributed by atoms with Gasteiger partial charge in [0.15, 0.2) is 11.5 Å². The Morgan fingerprint density at radius 2 is 1.81 bits per heavy atom. The van der Waals surface area contributed by atoms with Crippen molar-refractivity contribution in [2.45, 2.75) is 18.9 Å². The van der Waals surface area contributed by atoms with Crippen LogP contribution >= 0.6 is 0 Å². The molecule has 1 aliphatic carbocycles. The quantitative estimate of drug-likeness (QED) is 0.268. The van der Waals surface area contributed by atoms with Gasteiger partial charge in [-0.15, -0.1) is 0 Å². The van der Waals surface area contributed by atoms with Crippen molar-refractivity contribution in [1.82, 2.24) is 29.0 Å². The number of nitrogens with zero attached hydrogens (tertiary/aromatic N) is 7. The fraction of sp³-hybridized carbons (Fsp3) is 0.194. The van der Waals surface area contributed by atoms with Crippen LogP contribution in [0.3, 0.4) is 0 Å². The van der Waals surface area contributed by atoms with E-state index in [9.17, 15) is 9.59 Å². The number of carbonyl (C=O) groups is 1. The lowest BCUT2D eigenvalue weighted by atomic mass is 10.2. The second-order valence-electron chi connectivity index (χ2n) is 10.1. The normalized spacial score (nSPS) is 13.2. The zero-order valence-electron chi connectivity index (χ0n) is 23.3. The van der Waals surface area contributed by atoms with Gasteiger partial charge in [-0.25, -0.2) is 24.3 Å². The third kappa shape index (κ3) is 5.37. The molecule has 42 heavy (non-hydrogen) atoms. The molecule has 1 amide bonds. The van der Waals surface area contributed by atoms with Gasteiger partial charge in [-0.05, 0) is 56.3 Å². The van der Waals surface area contributed by atoms with Gasteiger partial charge in [0.05, 0.1) is 17.6 Å². The van der Waals surface area contributed by atoms with E-state index in [1.165, 1.54) is 34.5 Å². The average Bonchev–Trinajstić information content (AvgIpc) is 3.81. The van der Waals surface area contributed by atoms with E-state index in [-0.39, 0.29) is 11.7 Å². The number of ether oxygens (including phenoxy) is 1. The Balaban J connectivity index is 1.33. The molecule has 0 unspecified atom stereocenters. The van der Waals surface area contributed by atoms with E-state index in [1.54, 1.807) is 48.4 Å². The molecule has 1 fully saturated rings. The van der Waals surface area contributed by atoms with Gasteiger partial charge >= 0.3 is 5.69 Å². The summed E-state index contributed by atoms with van der Waals surface area (Å²) >= 11 is 0. The molecule has 0 spiro atoms. The Kier molecular flexibility index (Phi) is 7.24. The van der Waals surface area contributed by atoms with Crippen LogP contribution < -0.4 is 21.1 Å². The van der Waals surface area contributed by atoms with Crippen molar-refractivity contribution in [3.63, 3.8) is 0 Å². The van der Waals surface area contributed by atoms with E-state index in [4.69, 9.17) is 10.5 Å². The van der Waals surface area contributed by atoms with Crippen molar-refractivity contribution in [2.75, 3.05) is 31.3 Å². The molecule has 212 valence electrons. The molecule has 2 N–H and O–H groups in total. The zero-order chi connectivity index (χ0) is 29.2. The van der Waals surface area contributed by atoms with Crippen LogP contribution in [0.1, 0.15) is 12.8 Å². The maximum absolute atomic E-state index is 13.9. The number of amides is 1. The molecule has 2 aromatic carbocycles. The van der Waals surface area contributed by atoms with E-state index in [2.05, 4.69) is 26.9 Å². The minimum atomic E-state index is -0.412. The van der Waals surface area contributed by atoms with Crippen molar-refractivity contribution in [2.24, 2.45) is 0 Å². The van der Waals surface area contributed by atoms with Crippen LogP contribution in [0.2, 0.25) is 0 Å². The molecule has 0 saturated heterocycles. The van der Waals surface area contributed by atoms with Crippen molar-refractivity contribution < 1.29 is 9.53 Å². The number of hydrogen-bond acceptors (Lipinski definition) is 8. The first-order valence-corrected chi connectivity index (χ1v) is 13.6. The summed E-state index contributed by atoms with van der Waals surface area (Å²) in [6, 6.07) is 20.5. The monoisotopic (exact) mass is 562 g/mol. The van der Waals surface area contributed by atoms with Gasteiger partial charge in [0, 0.05) is 37.5 Å². The van der Waals surface area contributed by atoms with Gasteiger partial charge in [-0.2, -0.15) is 0 Å². The summed E-state index contributed by atoms with van der Waals surface area (Å²) in [6.07, 6.45) is 8.73. The number of anilines is 2. The molecule has 3 heterocycles. The number of likely N-dealkylation sites (N-methyl/N-ethyl adjacent to an activating group) is 2. The lowest BCUT2D eigenvalue weighted by Crippen LogP contribution is -2.26. The highest BCUT2D eigenvalue weighted by molar-refractivity contribution is 6.01. The summed E-state index contributed by atoms with van der Waals surface area (Å²) in [6.45, 7) is 0.717. The van der Waals surface area contributed by atoms with Crippen LogP contribution in [0.25, 0.3) is 22.5 Å². The zero-order valence-corrected chi connectivity index (χ0v) is 23.3. The molecule has 11 heteroatoms. The lowest BCUT2D eigenvalue weighted by molar-refractivity contribution is -0.113. The van der Waals surface area contributed by atoms with E-state index in [1.807, 2.05) is 42.5 Å². The average molecular weight is 563 g/mol. The van der Waals surface area contributed by atoms with Gasteiger partial charge in [-0.1, -0.05) is 30.3 Å². The van der Waals surface area contributed by atoms with Crippen molar-refractivity contribution in [1.29, 1.82) is 0 Å². The topological polar surface area (TPSA) is 124 Å². The number of carbonyl (C=O) groups excluding carboxylic acids is 1. The number of pyridine rings is 1. The third-order valence-corrected chi connectivity index (χ3v) is 7.22. The molecule has 0 aliphatic heterocycles. The molecule has 1 aliphatic rings. The van der Waals surface area contributed by atoms with Crippen LogP contribution in [0.4, 0.5) is 11.5 Å². The van der Waals surface area contributed by atoms with Crippen LogP contribution in [0.5, 0.6) is 11.6 Å². The first-order chi connectivity index (χ1) is 20.4. The molecule has 0 bridgehead atoms. The second kappa shape index (κ2) is 11.3. The predicted molar refractivity (Wildman–Crippen MR) is 161 cm³/mol. The molecule has 1 saturated carbocycles.